The van der Waals surface area contributed by atoms with Crippen molar-refractivity contribution in [3.8, 4) is 0 Å². The molecule has 2 atom stereocenters. The molecule has 1 aliphatic heterocycles. The van der Waals surface area contributed by atoms with Crippen LogP contribution in [0.1, 0.15) is 31.2 Å². The highest BCUT2D eigenvalue weighted by Gasteiger charge is 2.18. The third-order valence-electron chi connectivity index (χ3n) is 3.44. The van der Waals surface area contributed by atoms with Crippen LogP contribution in [0.2, 0.25) is 0 Å². The van der Waals surface area contributed by atoms with E-state index in [1.54, 1.807) is 0 Å². The SMILES string of the molecule is CC(CN1CCCC(N)C1)c1ccccc1.Cl. The second-order valence-electron chi connectivity index (χ2n) is 4.97. The summed E-state index contributed by atoms with van der Waals surface area (Å²) in [6.07, 6.45) is 2.44. The monoisotopic (exact) mass is 254 g/mol. The molecule has 0 amide bonds. The van der Waals surface area contributed by atoms with E-state index in [1.165, 1.54) is 24.9 Å². The van der Waals surface area contributed by atoms with Crippen LogP contribution >= 0.6 is 12.4 Å². The molecule has 0 saturated carbocycles. The maximum Gasteiger partial charge on any atom is 0.0168 e. The summed E-state index contributed by atoms with van der Waals surface area (Å²) in [6, 6.07) is 11.1. The van der Waals surface area contributed by atoms with Gasteiger partial charge in [-0.1, -0.05) is 37.3 Å². The van der Waals surface area contributed by atoms with E-state index in [0.29, 0.717) is 12.0 Å². The molecular weight excluding hydrogens is 232 g/mol. The van der Waals surface area contributed by atoms with Crippen LogP contribution in [-0.2, 0) is 0 Å². The zero-order valence-corrected chi connectivity index (χ0v) is 11.3. The zero-order valence-electron chi connectivity index (χ0n) is 10.5. The highest BCUT2D eigenvalue weighted by molar-refractivity contribution is 5.85. The molecule has 0 radical (unpaired) electrons. The standard InChI is InChI=1S/C14H22N2.ClH/c1-12(13-6-3-2-4-7-13)10-16-9-5-8-14(15)11-16;/h2-4,6-7,12,14H,5,8-11,15H2,1H3;1H. The molecule has 0 aliphatic carbocycles. The first-order valence-electron chi connectivity index (χ1n) is 6.28. The minimum absolute atomic E-state index is 0. The Morgan fingerprint density at radius 2 is 2.06 bits per heavy atom. The Balaban J connectivity index is 0.00000144. The van der Waals surface area contributed by atoms with Crippen molar-refractivity contribution in [3.05, 3.63) is 35.9 Å². The Kier molecular flexibility index (Phi) is 5.96. The van der Waals surface area contributed by atoms with Gasteiger partial charge in [0.15, 0.2) is 0 Å². The van der Waals surface area contributed by atoms with Gasteiger partial charge >= 0.3 is 0 Å². The van der Waals surface area contributed by atoms with Gasteiger partial charge in [0.2, 0.25) is 0 Å². The minimum Gasteiger partial charge on any atom is -0.327 e. The van der Waals surface area contributed by atoms with Crippen molar-refractivity contribution in [3.63, 3.8) is 0 Å². The fourth-order valence-electron chi connectivity index (χ4n) is 2.53. The number of piperidine rings is 1. The van der Waals surface area contributed by atoms with Crippen molar-refractivity contribution in [2.45, 2.75) is 31.7 Å². The van der Waals surface area contributed by atoms with E-state index in [2.05, 4.69) is 42.2 Å². The minimum atomic E-state index is 0. The van der Waals surface area contributed by atoms with Gasteiger partial charge in [-0.25, -0.2) is 0 Å². The van der Waals surface area contributed by atoms with Crippen LogP contribution in [0.5, 0.6) is 0 Å². The van der Waals surface area contributed by atoms with E-state index in [0.717, 1.165) is 13.1 Å². The van der Waals surface area contributed by atoms with Gasteiger partial charge in [0, 0.05) is 19.1 Å². The second-order valence-corrected chi connectivity index (χ2v) is 4.97. The van der Waals surface area contributed by atoms with E-state index >= 15 is 0 Å². The summed E-state index contributed by atoms with van der Waals surface area (Å²) in [5.74, 6) is 0.603. The Labute approximate surface area is 111 Å². The number of hydrogen-bond acceptors (Lipinski definition) is 2. The average molecular weight is 255 g/mol. The third-order valence-corrected chi connectivity index (χ3v) is 3.44. The number of nitrogens with zero attached hydrogens (tertiary/aromatic N) is 1. The lowest BCUT2D eigenvalue weighted by molar-refractivity contribution is 0.200. The smallest absolute Gasteiger partial charge is 0.0168 e. The predicted octanol–water partition coefficient (Wildman–Crippen LogP) is 2.64. The summed E-state index contributed by atoms with van der Waals surface area (Å²) in [5, 5.41) is 0. The summed E-state index contributed by atoms with van der Waals surface area (Å²) in [5.41, 5.74) is 7.43. The number of benzene rings is 1. The predicted molar refractivity (Wildman–Crippen MR) is 75.8 cm³/mol. The first-order chi connectivity index (χ1) is 7.75. The maximum atomic E-state index is 6.00. The van der Waals surface area contributed by atoms with Crippen molar-refractivity contribution in [2.24, 2.45) is 5.73 Å². The van der Waals surface area contributed by atoms with Crippen molar-refractivity contribution < 1.29 is 0 Å². The number of rotatable bonds is 3. The highest BCUT2D eigenvalue weighted by atomic mass is 35.5. The van der Waals surface area contributed by atoms with Gasteiger partial charge in [0.05, 0.1) is 0 Å². The molecule has 2 unspecified atom stereocenters. The first kappa shape index (κ1) is 14.5. The Hall–Kier alpha value is -0.570. The van der Waals surface area contributed by atoms with Gasteiger partial charge in [-0.05, 0) is 30.9 Å². The van der Waals surface area contributed by atoms with E-state index in [1.807, 2.05) is 0 Å². The molecule has 1 heterocycles. The lowest BCUT2D eigenvalue weighted by atomic mass is 9.99. The number of hydrogen-bond donors (Lipinski definition) is 1. The third kappa shape index (κ3) is 4.30. The molecule has 1 aromatic rings. The molecule has 0 bridgehead atoms. The Bertz CT molecular complexity index is 315. The summed E-state index contributed by atoms with van der Waals surface area (Å²) >= 11 is 0. The molecule has 3 heteroatoms. The van der Waals surface area contributed by atoms with Crippen LogP contribution in [0.4, 0.5) is 0 Å². The summed E-state index contributed by atoms with van der Waals surface area (Å²) < 4.78 is 0. The second kappa shape index (κ2) is 7.00. The van der Waals surface area contributed by atoms with Crippen molar-refractivity contribution in [1.82, 2.24) is 4.90 Å². The molecule has 17 heavy (non-hydrogen) atoms. The normalized spacial score (nSPS) is 22.8. The quantitative estimate of drug-likeness (QED) is 0.899. The number of likely N-dealkylation sites (tertiary alicyclic amines) is 1. The molecular formula is C14H23ClN2. The molecule has 1 aromatic carbocycles. The van der Waals surface area contributed by atoms with Crippen molar-refractivity contribution in [1.29, 1.82) is 0 Å². The lowest BCUT2D eigenvalue weighted by Crippen LogP contribution is -2.44. The van der Waals surface area contributed by atoms with Crippen LogP contribution in [0.3, 0.4) is 0 Å². The van der Waals surface area contributed by atoms with Gasteiger partial charge in [-0.15, -0.1) is 12.4 Å². The van der Waals surface area contributed by atoms with E-state index in [-0.39, 0.29) is 12.4 Å². The molecule has 0 spiro atoms. The van der Waals surface area contributed by atoms with Gasteiger partial charge < -0.3 is 10.6 Å². The average Bonchev–Trinajstić information content (AvgIpc) is 2.30. The van der Waals surface area contributed by atoms with Crippen LogP contribution < -0.4 is 5.73 Å². The number of halogens is 1. The first-order valence-corrected chi connectivity index (χ1v) is 6.28. The van der Waals surface area contributed by atoms with E-state index in [4.69, 9.17) is 5.73 Å². The Morgan fingerprint density at radius 1 is 1.35 bits per heavy atom. The maximum absolute atomic E-state index is 6.00. The largest absolute Gasteiger partial charge is 0.327 e. The lowest BCUT2D eigenvalue weighted by Gasteiger charge is -2.32. The summed E-state index contributed by atoms with van der Waals surface area (Å²) in [4.78, 5) is 2.51. The molecule has 0 aromatic heterocycles. The fraction of sp³-hybridized carbons (Fsp3) is 0.571. The molecule has 1 fully saturated rings. The van der Waals surface area contributed by atoms with Crippen molar-refractivity contribution in [2.75, 3.05) is 19.6 Å². The fourth-order valence-corrected chi connectivity index (χ4v) is 2.53. The van der Waals surface area contributed by atoms with Crippen molar-refractivity contribution >= 4 is 12.4 Å². The van der Waals surface area contributed by atoms with Gasteiger partial charge in [-0.2, -0.15) is 0 Å². The molecule has 96 valence electrons. The number of nitrogens with two attached hydrogens (primary N) is 1. The van der Waals surface area contributed by atoms with Gasteiger partial charge in [0.1, 0.15) is 0 Å². The van der Waals surface area contributed by atoms with Crippen LogP contribution in [0.25, 0.3) is 0 Å². The summed E-state index contributed by atoms with van der Waals surface area (Å²) in [7, 11) is 0. The summed E-state index contributed by atoms with van der Waals surface area (Å²) in [6.45, 7) is 5.72. The van der Waals surface area contributed by atoms with Crippen LogP contribution in [0.15, 0.2) is 30.3 Å². The molecule has 1 saturated heterocycles. The molecule has 2 nitrogen and oxygen atoms in total. The highest BCUT2D eigenvalue weighted by Crippen LogP contribution is 2.18. The van der Waals surface area contributed by atoms with Crippen LogP contribution in [0, 0.1) is 0 Å². The van der Waals surface area contributed by atoms with Gasteiger partial charge in [0.25, 0.3) is 0 Å². The zero-order chi connectivity index (χ0) is 11.4. The van der Waals surface area contributed by atoms with E-state index in [9.17, 15) is 0 Å². The van der Waals surface area contributed by atoms with Crippen LogP contribution in [-0.4, -0.2) is 30.6 Å². The Morgan fingerprint density at radius 3 is 2.71 bits per heavy atom. The molecule has 2 N–H and O–H groups in total. The van der Waals surface area contributed by atoms with Gasteiger partial charge in [-0.3, -0.25) is 0 Å². The topological polar surface area (TPSA) is 29.3 Å². The molecule has 2 rings (SSSR count). The molecule has 1 aliphatic rings. The van der Waals surface area contributed by atoms with E-state index < -0.39 is 0 Å².